The highest BCUT2D eigenvalue weighted by Crippen LogP contribution is 2.38. The SMILES string of the molecule is O=C(c1cccc(S(=O)(=O)N2CCCCC2)c1)N1CCC[C@H]1c1ccc2c(c1)OCCO2. The smallest absolute Gasteiger partial charge is 0.254 e. The van der Waals surface area contributed by atoms with Gasteiger partial charge in [0.1, 0.15) is 13.2 Å². The van der Waals surface area contributed by atoms with E-state index in [1.165, 1.54) is 10.4 Å². The quantitative estimate of drug-likeness (QED) is 0.703. The van der Waals surface area contributed by atoms with Crippen molar-refractivity contribution in [3.05, 3.63) is 53.6 Å². The van der Waals surface area contributed by atoms with Gasteiger partial charge >= 0.3 is 0 Å². The van der Waals surface area contributed by atoms with Crippen molar-refractivity contribution < 1.29 is 22.7 Å². The van der Waals surface area contributed by atoms with Crippen LogP contribution in [-0.2, 0) is 10.0 Å². The molecule has 3 aliphatic heterocycles. The van der Waals surface area contributed by atoms with Gasteiger partial charge in [-0.1, -0.05) is 18.6 Å². The molecule has 170 valence electrons. The third-order valence-electron chi connectivity index (χ3n) is 6.50. The van der Waals surface area contributed by atoms with E-state index in [2.05, 4.69) is 0 Å². The van der Waals surface area contributed by atoms with Gasteiger partial charge in [-0.3, -0.25) is 4.79 Å². The van der Waals surface area contributed by atoms with E-state index in [1.54, 1.807) is 18.2 Å². The summed E-state index contributed by atoms with van der Waals surface area (Å²) in [5.74, 6) is 1.30. The molecule has 32 heavy (non-hydrogen) atoms. The molecular weight excluding hydrogens is 428 g/mol. The van der Waals surface area contributed by atoms with Crippen LogP contribution in [0.1, 0.15) is 54.1 Å². The van der Waals surface area contributed by atoms with E-state index in [0.717, 1.165) is 43.4 Å². The van der Waals surface area contributed by atoms with Crippen molar-refractivity contribution in [1.82, 2.24) is 9.21 Å². The third kappa shape index (κ3) is 3.97. The summed E-state index contributed by atoms with van der Waals surface area (Å²) in [6.45, 7) is 2.78. The van der Waals surface area contributed by atoms with E-state index in [1.807, 2.05) is 23.1 Å². The average Bonchev–Trinajstić information content (AvgIpc) is 3.34. The van der Waals surface area contributed by atoms with Gasteiger partial charge in [0.25, 0.3) is 5.91 Å². The minimum atomic E-state index is -3.59. The summed E-state index contributed by atoms with van der Waals surface area (Å²) in [7, 11) is -3.59. The predicted molar refractivity (Wildman–Crippen MR) is 119 cm³/mol. The van der Waals surface area contributed by atoms with Crippen molar-refractivity contribution in [2.24, 2.45) is 0 Å². The molecule has 7 nitrogen and oxygen atoms in total. The maximum Gasteiger partial charge on any atom is 0.254 e. The Kier molecular flexibility index (Phi) is 5.82. The Morgan fingerprint density at radius 1 is 0.875 bits per heavy atom. The first-order valence-electron chi connectivity index (χ1n) is 11.3. The van der Waals surface area contributed by atoms with Crippen molar-refractivity contribution in [3.8, 4) is 11.5 Å². The Hall–Kier alpha value is -2.58. The fraction of sp³-hybridized carbons (Fsp3) is 0.458. The summed E-state index contributed by atoms with van der Waals surface area (Å²) in [4.78, 5) is 15.5. The molecule has 2 aromatic rings. The maximum atomic E-state index is 13.4. The zero-order valence-electron chi connectivity index (χ0n) is 18.0. The lowest BCUT2D eigenvalue weighted by atomic mass is 10.0. The predicted octanol–water partition coefficient (Wildman–Crippen LogP) is 3.61. The standard InChI is InChI=1S/C24H28N2O5S/c27-24(19-6-4-7-20(16-19)32(28,29)25-11-2-1-3-12-25)26-13-5-8-21(26)18-9-10-22-23(17-18)31-15-14-30-22/h4,6-7,9-10,16-17,21H,1-3,5,8,11-15H2/t21-/m0/s1. The van der Waals surface area contributed by atoms with Gasteiger partial charge in [-0.15, -0.1) is 0 Å². The second-order valence-electron chi connectivity index (χ2n) is 8.55. The van der Waals surface area contributed by atoms with E-state index < -0.39 is 10.0 Å². The minimum Gasteiger partial charge on any atom is -0.486 e. The molecule has 1 atom stereocenters. The summed E-state index contributed by atoms with van der Waals surface area (Å²) < 4.78 is 39.0. The lowest BCUT2D eigenvalue weighted by Crippen LogP contribution is -2.36. The number of benzene rings is 2. The lowest BCUT2D eigenvalue weighted by Gasteiger charge is -2.28. The molecule has 5 rings (SSSR count). The Morgan fingerprint density at radius 2 is 1.66 bits per heavy atom. The highest BCUT2D eigenvalue weighted by molar-refractivity contribution is 7.89. The van der Waals surface area contributed by atoms with Crippen LogP contribution in [0.15, 0.2) is 47.4 Å². The Labute approximate surface area is 189 Å². The number of ether oxygens (including phenoxy) is 2. The van der Waals surface area contributed by atoms with E-state index in [0.29, 0.717) is 44.2 Å². The zero-order valence-corrected chi connectivity index (χ0v) is 18.9. The second-order valence-corrected chi connectivity index (χ2v) is 10.5. The van der Waals surface area contributed by atoms with Crippen LogP contribution in [-0.4, -0.2) is 56.4 Å². The largest absolute Gasteiger partial charge is 0.486 e. The number of likely N-dealkylation sites (tertiary alicyclic amines) is 1. The van der Waals surface area contributed by atoms with Crippen molar-refractivity contribution in [2.75, 3.05) is 32.8 Å². The van der Waals surface area contributed by atoms with E-state index in [4.69, 9.17) is 9.47 Å². The first-order valence-corrected chi connectivity index (χ1v) is 12.8. The van der Waals surface area contributed by atoms with Gasteiger partial charge < -0.3 is 14.4 Å². The van der Waals surface area contributed by atoms with Crippen LogP contribution in [0.3, 0.4) is 0 Å². The molecule has 0 unspecified atom stereocenters. The zero-order chi connectivity index (χ0) is 22.1. The number of hydrogen-bond acceptors (Lipinski definition) is 5. The van der Waals surface area contributed by atoms with Gasteiger partial charge in [0, 0.05) is 25.2 Å². The first kappa shape index (κ1) is 21.3. The van der Waals surface area contributed by atoms with E-state index in [-0.39, 0.29) is 16.8 Å². The fourth-order valence-electron chi connectivity index (χ4n) is 4.83. The van der Waals surface area contributed by atoms with Crippen molar-refractivity contribution >= 4 is 15.9 Å². The van der Waals surface area contributed by atoms with Gasteiger partial charge in [-0.25, -0.2) is 8.42 Å². The van der Waals surface area contributed by atoms with Crippen LogP contribution < -0.4 is 9.47 Å². The third-order valence-corrected chi connectivity index (χ3v) is 8.39. The topological polar surface area (TPSA) is 76.2 Å². The average molecular weight is 457 g/mol. The number of sulfonamides is 1. The Balaban J connectivity index is 1.39. The Bertz CT molecular complexity index is 1110. The molecule has 2 saturated heterocycles. The fourth-order valence-corrected chi connectivity index (χ4v) is 6.40. The summed E-state index contributed by atoms with van der Waals surface area (Å²) in [6, 6.07) is 12.3. The number of rotatable bonds is 4. The maximum absolute atomic E-state index is 13.4. The van der Waals surface area contributed by atoms with E-state index in [9.17, 15) is 13.2 Å². The summed E-state index contributed by atoms with van der Waals surface area (Å²) in [5, 5.41) is 0. The van der Waals surface area contributed by atoms with Gasteiger partial charge in [-0.05, 0) is 61.6 Å². The van der Waals surface area contributed by atoms with Gasteiger partial charge in [0.2, 0.25) is 10.0 Å². The summed E-state index contributed by atoms with van der Waals surface area (Å²) in [5.41, 5.74) is 1.42. The summed E-state index contributed by atoms with van der Waals surface area (Å²) in [6.07, 6.45) is 4.57. The number of carbonyl (C=O) groups is 1. The number of nitrogens with zero attached hydrogens (tertiary/aromatic N) is 2. The second kappa shape index (κ2) is 8.75. The number of carbonyl (C=O) groups excluding carboxylic acids is 1. The first-order chi connectivity index (χ1) is 15.5. The highest BCUT2D eigenvalue weighted by Gasteiger charge is 2.33. The van der Waals surface area contributed by atoms with Gasteiger partial charge in [-0.2, -0.15) is 4.31 Å². The molecule has 1 amide bonds. The van der Waals surface area contributed by atoms with Gasteiger partial charge in [0.05, 0.1) is 10.9 Å². The van der Waals surface area contributed by atoms with Crippen LogP contribution in [0.25, 0.3) is 0 Å². The van der Waals surface area contributed by atoms with Crippen LogP contribution in [0.5, 0.6) is 11.5 Å². The highest BCUT2D eigenvalue weighted by atomic mass is 32.2. The molecule has 0 spiro atoms. The van der Waals surface area contributed by atoms with Crippen LogP contribution in [0.2, 0.25) is 0 Å². The van der Waals surface area contributed by atoms with Crippen LogP contribution in [0.4, 0.5) is 0 Å². The molecule has 2 aromatic carbocycles. The molecule has 0 saturated carbocycles. The molecule has 0 aliphatic carbocycles. The molecule has 3 heterocycles. The Morgan fingerprint density at radius 3 is 2.47 bits per heavy atom. The number of hydrogen-bond donors (Lipinski definition) is 0. The molecule has 0 radical (unpaired) electrons. The van der Waals surface area contributed by atoms with Crippen molar-refractivity contribution in [3.63, 3.8) is 0 Å². The molecule has 0 bridgehead atoms. The monoisotopic (exact) mass is 456 g/mol. The molecule has 0 aromatic heterocycles. The molecular formula is C24H28N2O5S. The molecule has 8 heteroatoms. The van der Waals surface area contributed by atoms with Crippen molar-refractivity contribution in [2.45, 2.75) is 43.0 Å². The molecule has 2 fully saturated rings. The summed E-state index contributed by atoms with van der Waals surface area (Å²) >= 11 is 0. The number of amides is 1. The van der Waals surface area contributed by atoms with Crippen LogP contribution >= 0.6 is 0 Å². The molecule has 3 aliphatic rings. The number of fused-ring (bicyclic) bond motifs is 1. The van der Waals surface area contributed by atoms with Crippen molar-refractivity contribution in [1.29, 1.82) is 0 Å². The van der Waals surface area contributed by atoms with Crippen LogP contribution in [0, 0.1) is 0 Å². The molecule has 0 N–H and O–H groups in total. The van der Waals surface area contributed by atoms with E-state index >= 15 is 0 Å². The lowest BCUT2D eigenvalue weighted by molar-refractivity contribution is 0.0735. The van der Waals surface area contributed by atoms with Gasteiger partial charge in [0.15, 0.2) is 11.5 Å². The normalized spacial score (nSPS) is 21.5. The minimum absolute atomic E-state index is 0.0688. The number of piperidine rings is 1.